The highest BCUT2D eigenvalue weighted by molar-refractivity contribution is 7.92. The fourth-order valence-corrected chi connectivity index (χ4v) is 5.63. The third kappa shape index (κ3) is 3.89. The molecular formula is C25H21N3O4S. The number of nitrogens with one attached hydrogen (secondary N) is 1. The summed E-state index contributed by atoms with van der Waals surface area (Å²) < 4.78 is 27.7. The van der Waals surface area contributed by atoms with Crippen LogP contribution in [-0.4, -0.2) is 33.3 Å². The maximum Gasteiger partial charge on any atom is 0.264 e. The lowest BCUT2D eigenvalue weighted by atomic mass is 10.1. The number of nitrogens with zero attached hydrogens (tertiary/aromatic N) is 2. The summed E-state index contributed by atoms with van der Waals surface area (Å²) in [4.78, 5) is 26.3. The van der Waals surface area contributed by atoms with E-state index in [-0.39, 0.29) is 23.3 Å². The second-order valence-electron chi connectivity index (χ2n) is 7.85. The predicted molar refractivity (Wildman–Crippen MR) is 128 cm³/mol. The molecule has 0 spiro atoms. The number of sulfonamides is 1. The van der Waals surface area contributed by atoms with E-state index < -0.39 is 10.0 Å². The molecule has 0 radical (unpaired) electrons. The van der Waals surface area contributed by atoms with Crippen LogP contribution >= 0.6 is 0 Å². The summed E-state index contributed by atoms with van der Waals surface area (Å²) in [6.45, 7) is 0.359. The molecule has 0 saturated carbocycles. The van der Waals surface area contributed by atoms with Crippen LogP contribution in [0, 0.1) is 0 Å². The van der Waals surface area contributed by atoms with Gasteiger partial charge in [-0.25, -0.2) is 8.42 Å². The van der Waals surface area contributed by atoms with Crippen molar-refractivity contribution in [2.75, 3.05) is 27.6 Å². The first-order chi connectivity index (χ1) is 15.9. The van der Waals surface area contributed by atoms with Crippen LogP contribution in [0.3, 0.4) is 0 Å². The van der Waals surface area contributed by atoms with E-state index in [9.17, 15) is 18.0 Å². The number of para-hydroxylation sites is 3. The number of hydrogen-bond acceptors (Lipinski definition) is 4. The third-order valence-corrected chi connectivity index (χ3v) is 7.60. The molecule has 2 heterocycles. The molecule has 2 aliphatic heterocycles. The molecule has 0 bridgehead atoms. The van der Waals surface area contributed by atoms with Crippen LogP contribution in [0.2, 0.25) is 0 Å². The van der Waals surface area contributed by atoms with Crippen molar-refractivity contribution in [3.05, 3.63) is 90.0 Å². The second-order valence-corrected chi connectivity index (χ2v) is 9.71. The lowest BCUT2D eigenvalue weighted by Gasteiger charge is -2.28. The zero-order valence-corrected chi connectivity index (χ0v) is 18.5. The van der Waals surface area contributed by atoms with Gasteiger partial charge in [0, 0.05) is 12.6 Å². The monoisotopic (exact) mass is 459 g/mol. The molecule has 8 heteroatoms. The van der Waals surface area contributed by atoms with E-state index in [4.69, 9.17) is 0 Å². The summed E-state index contributed by atoms with van der Waals surface area (Å²) in [5, 5.41) is 2.75. The summed E-state index contributed by atoms with van der Waals surface area (Å²) in [5.41, 5.74) is 3.65. The topological polar surface area (TPSA) is 86.8 Å². The lowest BCUT2D eigenvalue weighted by molar-refractivity contribution is -0.119. The molecule has 5 rings (SSSR count). The highest BCUT2D eigenvalue weighted by Crippen LogP contribution is 2.33. The van der Waals surface area contributed by atoms with Crippen LogP contribution in [-0.2, 0) is 26.0 Å². The van der Waals surface area contributed by atoms with Crippen molar-refractivity contribution < 1.29 is 18.0 Å². The SMILES string of the molecule is O=C1CN(C(=O)/C=C/c2ccc(S(=O)(=O)N3CCc4ccccc43)cc2)c2ccccc2N1. The number of anilines is 3. The van der Waals surface area contributed by atoms with E-state index in [1.54, 1.807) is 54.6 Å². The van der Waals surface area contributed by atoms with Gasteiger partial charge in [0.05, 0.1) is 22.0 Å². The van der Waals surface area contributed by atoms with Crippen LogP contribution in [0.25, 0.3) is 6.08 Å². The van der Waals surface area contributed by atoms with Crippen LogP contribution in [0.15, 0.2) is 83.8 Å². The molecule has 33 heavy (non-hydrogen) atoms. The van der Waals surface area contributed by atoms with E-state index >= 15 is 0 Å². The normalized spacial score (nSPS) is 15.3. The largest absolute Gasteiger partial charge is 0.323 e. The molecule has 1 N–H and O–H groups in total. The van der Waals surface area contributed by atoms with Crippen molar-refractivity contribution in [3.63, 3.8) is 0 Å². The van der Waals surface area contributed by atoms with E-state index in [0.29, 0.717) is 29.9 Å². The van der Waals surface area contributed by atoms with Crippen LogP contribution in [0.4, 0.5) is 17.1 Å². The van der Waals surface area contributed by atoms with Crippen molar-refractivity contribution in [2.24, 2.45) is 0 Å². The molecule has 3 aromatic carbocycles. The quantitative estimate of drug-likeness (QED) is 0.606. The van der Waals surface area contributed by atoms with Gasteiger partial charge in [0.1, 0.15) is 6.54 Å². The van der Waals surface area contributed by atoms with Crippen LogP contribution < -0.4 is 14.5 Å². The van der Waals surface area contributed by atoms with Crippen molar-refractivity contribution in [1.29, 1.82) is 0 Å². The van der Waals surface area contributed by atoms with Gasteiger partial charge in [-0.1, -0.05) is 42.5 Å². The van der Waals surface area contributed by atoms with Gasteiger partial charge >= 0.3 is 0 Å². The Morgan fingerprint density at radius 1 is 0.909 bits per heavy atom. The first-order valence-electron chi connectivity index (χ1n) is 10.5. The van der Waals surface area contributed by atoms with E-state index in [1.165, 1.54) is 15.3 Å². The molecule has 0 fully saturated rings. The number of amides is 2. The molecule has 0 unspecified atom stereocenters. The van der Waals surface area contributed by atoms with Gasteiger partial charge in [0.25, 0.3) is 15.9 Å². The first-order valence-corrected chi connectivity index (χ1v) is 12.0. The minimum atomic E-state index is -3.67. The van der Waals surface area contributed by atoms with E-state index in [2.05, 4.69) is 5.32 Å². The van der Waals surface area contributed by atoms with Gasteiger partial charge in [-0.2, -0.15) is 0 Å². The summed E-state index contributed by atoms with van der Waals surface area (Å²) in [5.74, 6) is -0.587. The molecule has 3 aromatic rings. The standard InChI is InChI=1S/C25H21N3O4S/c29-24-17-27(23-8-4-2-6-21(23)26-24)25(30)14-11-18-9-12-20(13-10-18)33(31,32)28-16-15-19-5-1-3-7-22(19)28/h1-14H,15-17H2,(H,26,29)/b14-11+. The molecular weight excluding hydrogens is 438 g/mol. The Morgan fingerprint density at radius 2 is 1.61 bits per heavy atom. The zero-order valence-electron chi connectivity index (χ0n) is 17.6. The Morgan fingerprint density at radius 3 is 2.39 bits per heavy atom. The van der Waals surface area contributed by atoms with Gasteiger partial charge < -0.3 is 5.32 Å². The maximum atomic E-state index is 13.1. The van der Waals surface area contributed by atoms with Gasteiger partial charge in [-0.3, -0.25) is 18.8 Å². The minimum Gasteiger partial charge on any atom is -0.323 e. The predicted octanol–water partition coefficient (Wildman–Crippen LogP) is 3.44. The average molecular weight is 460 g/mol. The van der Waals surface area contributed by atoms with Gasteiger partial charge in [-0.15, -0.1) is 0 Å². The van der Waals surface area contributed by atoms with E-state index in [0.717, 1.165) is 11.3 Å². The van der Waals surface area contributed by atoms with Crippen molar-refractivity contribution >= 4 is 45.0 Å². The molecule has 0 aromatic heterocycles. The summed E-state index contributed by atoms with van der Waals surface area (Å²) in [6, 6.07) is 21.0. The molecule has 2 amide bonds. The number of rotatable bonds is 4. The highest BCUT2D eigenvalue weighted by atomic mass is 32.2. The number of carbonyl (C=O) groups is 2. The Balaban J connectivity index is 1.34. The smallest absolute Gasteiger partial charge is 0.264 e. The lowest BCUT2D eigenvalue weighted by Crippen LogP contribution is -2.41. The van der Waals surface area contributed by atoms with Gasteiger partial charge in [0.15, 0.2) is 0 Å². The number of hydrogen-bond donors (Lipinski definition) is 1. The maximum absolute atomic E-state index is 13.1. The summed E-state index contributed by atoms with van der Waals surface area (Å²) in [7, 11) is -3.67. The third-order valence-electron chi connectivity index (χ3n) is 5.77. The Labute approximate surface area is 192 Å². The summed E-state index contributed by atoms with van der Waals surface area (Å²) in [6.07, 6.45) is 3.69. The molecule has 7 nitrogen and oxygen atoms in total. The van der Waals surface area contributed by atoms with Crippen molar-refractivity contribution in [3.8, 4) is 0 Å². The fraction of sp³-hybridized carbons (Fsp3) is 0.120. The van der Waals surface area contributed by atoms with Crippen LogP contribution in [0.5, 0.6) is 0 Å². The molecule has 0 atom stereocenters. The molecule has 2 aliphatic rings. The zero-order chi connectivity index (χ0) is 23.0. The minimum absolute atomic E-state index is 0.0608. The van der Waals surface area contributed by atoms with Gasteiger partial charge in [0.2, 0.25) is 5.91 Å². The van der Waals surface area contributed by atoms with Crippen LogP contribution in [0.1, 0.15) is 11.1 Å². The molecule has 0 saturated heterocycles. The highest BCUT2D eigenvalue weighted by Gasteiger charge is 2.30. The summed E-state index contributed by atoms with van der Waals surface area (Å²) >= 11 is 0. The van der Waals surface area contributed by atoms with Crippen molar-refractivity contribution in [2.45, 2.75) is 11.3 Å². The first kappa shape index (κ1) is 21.0. The van der Waals surface area contributed by atoms with E-state index in [1.807, 2.05) is 24.3 Å². The number of carbonyl (C=O) groups excluding carboxylic acids is 2. The Hall–Kier alpha value is -3.91. The Kier molecular flexibility index (Phi) is 5.22. The fourth-order valence-electron chi connectivity index (χ4n) is 4.12. The van der Waals surface area contributed by atoms with Gasteiger partial charge in [-0.05, 0) is 54.0 Å². The molecule has 166 valence electrons. The second kappa shape index (κ2) is 8.22. The molecule has 0 aliphatic carbocycles. The Bertz CT molecular complexity index is 1380. The number of fused-ring (bicyclic) bond motifs is 2. The average Bonchev–Trinajstić information content (AvgIpc) is 3.27. The van der Waals surface area contributed by atoms with Crippen molar-refractivity contribution in [1.82, 2.24) is 0 Å². The number of benzene rings is 3.